The van der Waals surface area contributed by atoms with Gasteiger partial charge in [0, 0.05) is 26.2 Å². The smallest absolute Gasteiger partial charge is 0.293 e. The highest BCUT2D eigenvalue weighted by Crippen LogP contribution is 2.04. The molecule has 0 aromatic carbocycles. The molecule has 1 aliphatic rings. The van der Waals surface area contributed by atoms with Crippen molar-refractivity contribution < 1.29 is 4.79 Å². The fourth-order valence-corrected chi connectivity index (χ4v) is 1.59. The van der Waals surface area contributed by atoms with Gasteiger partial charge in [0.15, 0.2) is 0 Å². The molecule has 1 aromatic rings. The zero-order valence-electron chi connectivity index (χ0n) is 9.03. The predicted octanol–water partition coefficient (Wildman–Crippen LogP) is -0.499. The number of aromatic amines is 1. The molecule has 6 nitrogen and oxygen atoms in total. The van der Waals surface area contributed by atoms with Gasteiger partial charge in [-0.1, -0.05) is 0 Å². The van der Waals surface area contributed by atoms with Gasteiger partial charge in [-0.05, 0) is 14.0 Å². The van der Waals surface area contributed by atoms with Crippen molar-refractivity contribution in [2.45, 2.75) is 6.92 Å². The van der Waals surface area contributed by atoms with E-state index >= 15 is 0 Å². The summed E-state index contributed by atoms with van der Waals surface area (Å²) in [6.45, 7) is 5.11. The average Bonchev–Trinajstić information content (AvgIpc) is 2.65. The maximum absolute atomic E-state index is 11.9. The molecule has 1 aromatic heterocycles. The van der Waals surface area contributed by atoms with Crippen LogP contribution in [0.2, 0.25) is 0 Å². The second-order valence-electron chi connectivity index (χ2n) is 3.84. The monoisotopic (exact) mass is 209 g/mol. The van der Waals surface area contributed by atoms with Crippen molar-refractivity contribution in [1.82, 2.24) is 25.0 Å². The molecule has 1 amide bonds. The molecule has 0 aliphatic carbocycles. The summed E-state index contributed by atoms with van der Waals surface area (Å²) >= 11 is 0. The molecule has 15 heavy (non-hydrogen) atoms. The quantitative estimate of drug-likeness (QED) is 0.677. The number of piperazine rings is 1. The molecule has 2 rings (SSSR count). The third-order valence-electron chi connectivity index (χ3n) is 2.58. The van der Waals surface area contributed by atoms with Crippen molar-refractivity contribution in [3.8, 4) is 0 Å². The largest absolute Gasteiger partial charge is 0.333 e. The van der Waals surface area contributed by atoms with Crippen LogP contribution in [-0.2, 0) is 0 Å². The Kier molecular flexibility index (Phi) is 2.68. The Morgan fingerprint density at radius 2 is 2.00 bits per heavy atom. The number of aromatic nitrogens is 3. The van der Waals surface area contributed by atoms with Crippen LogP contribution in [0, 0.1) is 6.92 Å². The molecular weight excluding hydrogens is 194 g/mol. The number of nitrogens with one attached hydrogen (secondary N) is 1. The van der Waals surface area contributed by atoms with E-state index in [1.807, 2.05) is 0 Å². The van der Waals surface area contributed by atoms with Crippen LogP contribution in [0.3, 0.4) is 0 Å². The van der Waals surface area contributed by atoms with Crippen molar-refractivity contribution in [3.63, 3.8) is 0 Å². The van der Waals surface area contributed by atoms with Crippen molar-refractivity contribution in [3.05, 3.63) is 11.6 Å². The van der Waals surface area contributed by atoms with Gasteiger partial charge < -0.3 is 9.80 Å². The Balaban J connectivity index is 2.02. The molecule has 2 heterocycles. The maximum atomic E-state index is 11.9. The van der Waals surface area contributed by atoms with Gasteiger partial charge in [-0.2, -0.15) is 0 Å². The van der Waals surface area contributed by atoms with Crippen molar-refractivity contribution >= 4 is 5.91 Å². The van der Waals surface area contributed by atoms with E-state index in [0.717, 1.165) is 26.2 Å². The number of carbonyl (C=O) groups is 1. The SMILES string of the molecule is Cc1nc(C(=O)N2CCN(C)CC2)n[nH]1. The summed E-state index contributed by atoms with van der Waals surface area (Å²) in [6, 6.07) is 0. The first-order valence-corrected chi connectivity index (χ1v) is 5.03. The highest BCUT2D eigenvalue weighted by Gasteiger charge is 2.22. The number of amides is 1. The lowest BCUT2D eigenvalue weighted by molar-refractivity contribution is 0.0652. The molecular formula is C9H15N5O. The molecule has 0 spiro atoms. The van der Waals surface area contributed by atoms with E-state index in [-0.39, 0.29) is 11.7 Å². The Labute approximate surface area is 88.3 Å². The van der Waals surface area contributed by atoms with Crippen LogP contribution in [0.15, 0.2) is 0 Å². The molecule has 1 saturated heterocycles. The van der Waals surface area contributed by atoms with E-state index in [0.29, 0.717) is 5.82 Å². The van der Waals surface area contributed by atoms with Gasteiger partial charge >= 0.3 is 0 Å². The summed E-state index contributed by atoms with van der Waals surface area (Å²) in [5.74, 6) is 0.872. The number of carbonyl (C=O) groups excluding carboxylic acids is 1. The van der Waals surface area contributed by atoms with Crippen LogP contribution in [-0.4, -0.2) is 64.1 Å². The second kappa shape index (κ2) is 3.98. The summed E-state index contributed by atoms with van der Waals surface area (Å²) in [7, 11) is 2.05. The van der Waals surface area contributed by atoms with Crippen LogP contribution in [0.5, 0.6) is 0 Å². The summed E-state index contributed by atoms with van der Waals surface area (Å²) in [4.78, 5) is 19.9. The number of H-pyrrole nitrogens is 1. The van der Waals surface area contributed by atoms with E-state index in [2.05, 4.69) is 27.1 Å². The average molecular weight is 209 g/mol. The molecule has 0 bridgehead atoms. The van der Waals surface area contributed by atoms with Crippen LogP contribution < -0.4 is 0 Å². The molecule has 6 heteroatoms. The zero-order chi connectivity index (χ0) is 10.8. The van der Waals surface area contributed by atoms with E-state index in [1.165, 1.54) is 0 Å². The van der Waals surface area contributed by atoms with Crippen molar-refractivity contribution in [1.29, 1.82) is 0 Å². The number of likely N-dealkylation sites (N-methyl/N-ethyl adjacent to an activating group) is 1. The van der Waals surface area contributed by atoms with Crippen LogP contribution >= 0.6 is 0 Å². The van der Waals surface area contributed by atoms with Gasteiger partial charge in [0.1, 0.15) is 5.82 Å². The maximum Gasteiger partial charge on any atom is 0.293 e. The molecule has 0 unspecified atom stereocenters. The van der Waals surface area contributed by atoms with E-state index in [4.69, 9.17) is 0 Å². The van der Waals surface area contributed by atoms with Crippen molar-refractivity contribution in [2.24, 2.45) is 0 Å². The summed E-state index contributed by atoms with van der Waals surface area (Å²) in [5, 5.41) is 6.55. The number of nitrogens with zero attached hydrogens (tertiary/aromatic N) is 4. The van der Waals surface area contributed by atoms with Gasteiger partial charge in [0.2, 0.25) is 5.82 Å². The van der Waals surface area contributed by atoms with Gasteiger partial charge in [0.05, 0.1) is 0 Å². The minimum Gasteiger partial charge on any atom is -0.333 e. The van der Waals surface area contributed by atoms with Crippen LogP contribution in [0.1, 0.15) is 16.4 Å². The fourth-order valence-electron chi connectivity index (χ4n) is 1.59. The number of hydrogen-bond donors (Lipinski definition) is 1. The predicted molar refractivity (Wildman–Crippen MR) is 54.5 cm³/mol. The van der Waals surface area contributed by atoms with Crippen LogP contribution in [0.25, 0.3) is 0 Å². The lowest BCUT2D eigenvalue weighted by Crippen LogP contribution is -2.47. The summed E-state index contributed by atoms with van der Waals surface area (Å²) < 4.78 is 0. The number of rotatable bonds is 1. The second-order valence-corrected chi connectivity index (χ2v) is 3.84. The van der Waals surface area contributed by atoms with E-state index < -0.39 is 0 Å². The minimum atomic E-state index is -0.0764. The normalized spacial score (nSPS) is 18.1. The molecule has 0 radical (unpaired) electrons. The standard InChI is InChI=1S/C9H15N5O/c1-7-10-8(12-11-7)9(15)14-5-3-13(2)4-6-14/h3-6H2,1-2H3,(H,10,11,12). The molecule has 1 fully saturated rings. The number of aryl methyl sites for hydroxylation is 1. The first-order chi connectivity index (χ1) is 7.16. The van der Waals surface area contributed by atoms with Gasteiger partial charge in [-0.3, -0.25) is 9.89 Å². The third-order valence-corrected chi connectivity index (χ3v) is 2.58. The molecule has 0 saturated carbocycles. The number of hydrogen-bond acceptors (Lipinski definition) is 4. The lowest BCUT2D eigenvalue weighted by Gasteiger charge is -2.31. The van der Waals surface area contributed by atoms with E-state index in [9.17, 15) is 4.79 Å². The molecule has 0 atom stereocenters. The minimum absolute atomic E-state index is 0.0764. The molecule has 82 valence electrons. The van der Waals surface area contributed by atoms with Gasteiger partial charge in [-0.25, -0.2) is 4.98 Å². The third kappa shape index (κ3) is 2.15. The summed E-state index contributed by atoms with van der Waals surface area (Å²) in [5.41, 5.74) is 0. The highest BCUT2D eigenvalue weighted by molar-refractivity contribution is 5.90. The Morgan fingerprint density at radius 3 is 2.53 bits per heavy atom. The summed E-state index contributed by atoms with van der Waals surface area (Å²) in [6.07, 6.45) is 0. The fraction of sp³-hybridized carbons (Fsp3) is 0.667. The molecule has 1 aliphatic heterocycles. The molecule has 1 N–H and O–H groups in total. The Morgan fingerprint density at radius 1 is 1.33 bits per heavy atom. The van der Waals surface area contributed by atoms with Gasteiger partial charge in [-0.15, -0.1) is 5.10 Å². The first kappa shape index (κ1) is 10.1. The van der Waals surface area contributed by atoms with Gasteiger partial charge in [0.25, 0.3) is 5.91 Å². The van der Waals surface area contributed by atoms with E-state index in [1.54, 1.807) is 11.8 Å². The van der Waals surface area contributed by atoms with Crippen molar-refractivity contribution in [2.75, 3.05) is 33.2 Å². The zero-order valence-corrected chi connectivity index (χ0v) is 9.03. The first-order valence-electron chi connectivity index (χ1n) is 5.03. The lowest BCUT2D eigenvalue weighted by atomic mass is 10.3. The highest BCUT2D eigenvalue weighted by atomic mass is 16.2. The Bertz CT molecular complexity index is 353. The topological polar surface area (TPSA) is 65.1 Å². The Hall–Kier alpha value is -1.43. The van der Waals surface area contributed by atoms with Crippen LogP contribution in [0.4, 0.5) is 0 Å².